The maximum Gasteiger partial charge on any atom is 0.265 e. The van der Waals surface area contributed by atoms with Gasteiger partial charge in [-0.3, -0.25) is 4.72 Å². The first-order valence-corrected chi connectivity index (χ1v) is 9.50. The minimum atomic E-state index is -3.80. The summed E-state index contributed by atoms with van der Waals surface area (Å²) in [5, 5.41) is 3.84. The van der Waals surface area contributed by atoms with E-state index in [9.17, 15) is 8.42 Å². The molecule has 0 fully saturated rings. The van der Waals surface area contributed by atoms with E-state index >= 15 is 0 Å². The summed E-state index contributed by atoms with van der Waals surface area (Å²) in [5.41, 5.74) is 4.04. The smallest absolute Gasteiger partial charge is 0.265 e. The molecular weight excluding hydrogens is 352 g/mol. The first-order valence-electron chi connectivity index (χ1n) is 8.02. The van der Waals surface area contributed by atoms with Crippen LogP contribution in [0.5, 0.6) is 5.75 Å². The molecule has 6 nitrogen and oxygen atoms in total. The van der Waals surface area contributed by atoms with E-state index in [4.69, 9.17) is 9.26 Å². The molecule has 1 heterocycles. The highest BCUT2D eigenvalue weighted by molar-refractivity contribution is 7.92. The van der Waals surface area contributed by atoms with E-state index in [0.717, 1.165) is 16.8 Å². The highest BCUT2D eigenvalue weighted by atomic mass is 32.2. The summed E-state index contributed by atoms with van der Waals surface area (Å²) in [7, 11) is -2.37. The van der Waals surface area contributed by atoms with E-state index in [1.807, 2.05) is 26.8 Å². The molecule has 0 saturated heterocycles. The lowest BCUT2D eigenvalue weighted by Gasteiger charge is -2.13. The van der Waals surface area contributed by atoms with Gasteiger partial charge in [0.2, 0.25) is 0 Å². The lowest BCUT2D eigenvalue weighted by Crippen LogP contribution is -2.14. The topological polar surface area (TPSA) is 81.4 Å². The van der Waals surface area contributed by atoms with Crippen molar-refractivity contribution in [3.8, 4) is 17.1 Å². The summed E-state index contributed by atoms with van der Waals surface area (Å²) in [5.74, 6) is 0.778. The largest absolute Gasteiger partial charge is 0.495 e. The quantitative estimate of drug-likeness (QED) is 0.730. The highest BCUT2D eigenvalue weighted by Gasteiger charge is 2.21. The van der Waals surface area contributed by atoms with Gasteiger partial charge in [-0.25, -0.2) is 8.42 Å². The van der Waals surface area contributed by atoms with Crippen LogP contribution in [-0.4, -0.2) is 20.7 Å². The summed E-state index contributed by atoms with van der Waals surface area (Å²) in [4.78, 5) is 0.0539. The maximum absolute atomic E-state index is 12.8. The number of hydrogen-bond donors (Lipinski definition) is 1. The van der Waals surface area contributed by atoms with Gasteiger partial charge in [0.1, 0.15) is 10.6 Å². The van der Waals surface area contributed by atoms with Crippen molar-refractivity contribution in [2.24, 2.45) is 0 Å². The molecule has 3 rings (SSSR count). The van der Waals surface area contributed by atoms with E-state index in [1.54, 1.807) is 30.3 Å². The van der Waals surface area contributed by atoms with E-state index in [2.05, 4.69) is 9.88 Å². The molecule has 3 aromatic rings. The predicted octanol–water partition coefficient (Wildman–Crippen LogP) is 4.08. The van der Waals surface area contributed by atoms with E-state index in [0.29, 0.717) is 17.0 Å². The molecular formula is C19H20N2O4S. The second kappa shape index (κ2) is 6.84. The number of sulfonamides is 1. The zero-order valence-corrected chi connectivity index (χ0v) is 15.8. The van der Waals surface area contributed by atoms with Crippen molar-refractivity contribution < 1.29 is 17.7 Å². The van der Waals surface area contributed by atoms with Crippen LogP contribution in [0.4, 0.5) is 5.69 Å². The van der Waals surface area contributed by atoms with Gasteiger partial charge in [0.25, 0.3) is 10.0 Å². The van der Waals surface area contributed by atoms with Crippen molar-refractivity contribution >= 4 is 15.7 Å². The molecule has 2 aromatic carbocycles. The second-order valence-electron chi connectivity index (χ2n) is 6.10. The van der Waals surface area contributed by atoms with Crippen molar-refractivity contribution in [3.63, 3.8) is 0 Å². The Labute approximate surface area is 152 Å². The Morgan fingerprint density at radius 1 is 1.00 bits per heavy atom. The zero-order chi connectivity index (χ0) is 18.9. The zero-order valence-electron chi connectivity index (χ0n) is 15.0. The van der Waals surface area contributed by atoms with Gasteiger partial charge in [-0.05, 0) is 62.2 Å². The number of hydrogen-bond acceptors (Lipinski definition) is 5. The second-order valence-corrected chi connectivity index (χ2v) is 7.75. The fourth-order valence-corrected chi connectivity index (χ4v) is 3.76. The van der Waals surface area contributed by atoms with Crippen LogP contribution < -0.4 is 9.46 Å². The third-order valence-electron chi connectivity index (χ3n) is 4.12. The van der Waals surface area contributed by atoms with Crippen LogP contribution in [-0.2, 0) is 10.0 Å². The van der Waals surface area contributed by atoms with Crippen molar-refractivity contribution in [1.29, 1.82) is 0 Å². The van der Waals surface area contributed by atoms with Crippen LogP contribution in [0.15, 0.2) is 51.9 Å². The fraction of sp³-hybridized carbons (Fsp3) is 0.211. The normalized spacial score (nSPS) is 11.4. The number of nitrogens with zero attached hydrogens (tertiary/aromatic N) is 1. The van der Waals surface area contributed by atoms with Gasteiger partial charge in [-0.15, -0.1) is 0 Å². The number of nitrogens with one attached hydrogen (secondary N) is 1. The molecule has 0 spiro atoms. The lowest BCUT2D eigenvalue weighted by atomic mass is 10.1. The molecule has 136 valence electrons. The molecule has 0 saturated carbocycles. The molecule has 0 aliphatic rings. The van der Waals surface area contributed by atoms with Gasteiger partial charge in [0.15, 0.2) is 5.76 Å². The van der Waals surface area contributed by atoms with Gasteiger partial charge in [-0.1, -0.05) is 11.2 Å². The molecule has 0 aliphatic carbocycles. The van der Waals surface area contributed by atoms with Gasteiger partial charge in [-0.2, -0.15) is 0 Å². The third-order valence-corrected chi connectivity index (χ3v) is 5.55. The Balaban J connectivity index is 1.97. The van der Waals surface area contributed by atoms with E-state index < -0.39 is 10.0 Å². The summed E-state index contributed by atoms with van der Waals surface area (Å²) >= 11 is 0. The SMILES string of the molecule is COc1cc(-c2cc(C)no2)ccc1S(=O)(=O)Nc1ccc(C)c(C)c1. The molecule has 1 N–H and O–H groups in total. The summed E-state index contributed by atoms with van der Waals surface area (Å²) in [6, 6.07) is 12.0. The highest BCUT2D eigenvalue weighted by Crippen LogP contribution is 2.31. The molecule has 26 heavy (non-hydrogen) atoms. The molecule has 0 aliphatic heterocycles. The van der Waals surface area contributed by atoms with Crippen molar-refractivity contribution in [2.45, 2.75) is 25.7 Å². The molecule has 0 unspecified atom stereocenters. The summed E-state index contributed by atoms with van der Waals surface area (Å²) < 4.78 is 38.7. The standard InChI is InChI=1S/C19H20N2O4S/c1-12-5-7-16(9-13(12)2)21-26(22,23)19-8-6-15(11-18(19)24-4)17-10-14(3)20-25-17/h5-11,21H,1-4H3. The average molecular weight is 372 g/mol. The van der Waals surface area contributed by atoms with Crippen LogP contribution in [0.1, 0.15) is 16.8 Å². The molecule has 0 radical (unpaired) electrons. The lowest BCUT2D eigenvalue weighted by molar-refractivity contribution is 0.402. The molecule has 0 amide bonds. The number of rotatable bonds is 5. The predicted molar refractivity (Wildman–Crippen MR) is 100.0 cm³/mol. The maximum atomic E-state index is 12.8. The molecule has 7 heteroatoms. The fourth-order valence-electron chi connectivity index (χ4n) is 2.56. The molecule has 1 aromatic heterocycles. The molecule has 0 bridgehead atoms. The van der Waals surface area contributed by atoms with Crippen LogP contribution >= 0.6 is 0 Å². The number of methoxy groups -OCH3 is 1. The third kappa shape index (κ3) is 3.57. The number of anilines is 1. The van der Waals surface area contributed by atoms with Crippen LogP contribution in [0.25, 0.3) is 11.3 Å². The minimum absolute atomic E-state index is 0.0539. The minimum Gasteiger partial charge on any atom is -0.495 e. The van der Waals surface area contributed by atoms with E-state index in [-0.39, 0.29) is 10.6 Å². The summed E-state index contributed by atoms with van der Waals surface area (Å²) in [6.45, 7) is 5.72. The average Bonchev–Trinajstić information content (AvgIpc) is 3.04. The van der Waals surface area contributed by atoms with Gasteiger partial charge < -0.3 is 9.26 Å². The van der Waals surface area contributed by atoms with Crippen LogP contribution in [0.3, 0.4) is 0 Å². The first kappa shape index (κ1) is 18.0. The monoisotopic (exact) mass is 372 g/mol. The Bertz CT molecular complexity index is 1060. The Morgan fingerprint density at radius 3 is 2.38 bits per heavy atom. The van der Waals surface area contributed by atoms with E-state index in [1.165, 1.54) is 13.2 Å². The van der Waals surface area contributed by atoms with Crippen molar-refractivity contribution in [2.75, 3.05) is 11.8 Å². The number of ether oxygens (including phenoxy) is 1. The molecule has 0 atom stereocenters. The van der Waals surface area contributed by atoms with Gasteiger partial charge in [0.05, 0.1) is 12.8 Å². The first-order chi connectivity index (χ1) is 12.3. The Hall–Kier alpha value is -2.80. The Morgan fingerprint density at radius 2 is 1.77 bits per heavy atom. The number of aryl methyl sites for hydroxylation is 3. The summed E-state index contributed by atoms with van der Waals surface area (Å²) in [6.07, 6.45) is 0. The van der Waals surface area contributed by atoms with Crippen LogP contribution in [0, 0.1) is 20.8 Å². The van der Waals surface area contributed by atoms with Gasteiger partial charge >= 0.3 is 0 Å². The van der Waals surface area contributed by atoms with Crippen LogP contribution in [0.2, 0.25) is 0 Å². The Kier molecular flexibility index (Phi) is 4.73. The van der Waals surface area contributed by atoms with Crippen molar-refractivity contribution in [3.05, 3.63) is 59.3 Å². The number of benzene rings is 2. The van der Waals surface area contributed by atoms with Gasteiger partial charge in [0, 0.05) is 17.3 Å². The van der Waals surface area contributed by atoms with Crippen molar-refractivity contribution in [1.82, 2.24) is 5.16 Å². The number of aromatic nitrogens is 1.